The third kappa shape index (κ3) is 10.6. The second kappa shape index (κ2) is 11.6. The Morgan fingerprint density at radius 1 is 1.12 bits per heavy atom. The molecule has 1 unspecified atom stereocenters. The Kier molecular flexibility index (Phi) is 10.5. The predicted octanol–water partition coefficient (Wildman–Crippen LogP) is 1.65. The van der Waals surface area contributed by atoms with E-state index in [1.807, 2.05) is 19.1 Å². The van der Waals surface area contributed by atoms with Crippen molar-refractivity contribution < 1.29 is 10.2 Å². The number of hydrogen-bond acceptors (Lipinski definition) is 2. The summed E-state index contributed by atoms with van der Waals surface area (Å²) in [6.07, 6.45) is 8.66. The van der Waals surface area contributed by atoms with Gasteiger partial charge in [0.05, 0.1) is 6.10 Å². The molecule has 2 nitrogen and oxygen atoms in total. The van der Waals surface area contributed by atoms with E-state index in [1.165, 1.54) is 0 Å². The minimum Gasteiger partial charge on any atom is -0.396 e. The highest BCUT2D eigenvalue weighted by atomic mass is 16.3. The average molecular weight is 218 g/mol. The molecule has 0 amide bonds. The van der Waals surface area contributed by atoms with Gasteiger partial charge in [-0.25, -0.2) is 0 Å². The van der Waals surface area contributed by atoms with Crippen molar-refractivity contribution in [1.29, 1.82) is 0 Å². The van der Waals surface area contributed by atoms with Gasteiger partial charge in [-0.2, -0.15) is 0 Å². The van der Waals surface area contributed by atoms with E-state index in [1.54, 1.807) is 12.2 Å². The van der Waals surface area contributed by atoms with Gasteiger partial charge in [0.25, 0.3) is 0 Å². The van der Waals surface area contributed by atoms with Crippen LogP contribution in [0.4, 0.5) is 0 Å². The van der Waals surface area contributed by atoms with Gasteiger partial charge in [-0.15, -0.1) is 0 Å². The summed E-state index contributed by atoms with van der Waals surface area (Å²) in [5, 5.41) is 17.8. The summed E-state index contributed by atoms with van der Waals surface area (Å²) in [6, 6.07) is 0. The van der Waals surface area contributed by atoms with Crippen molar-refractivity contribution in [2.75, 3.05) is 6.61 Å². The minimum absolute atomic E-state index is 0.0330. The molecule has 0 aromatic carbocycles. The first kappa shape index (κ1) is 14.5. The van der Waals surface area contributed by atoms with Crippen molar-refractivity contribution in [2.45, 2.75) is 32.3 Å². The summed E-state index contributed by atoms with van der Waals surface area (Å²) in [6.45, 7) is 1.94. The Morgan fingerprint density at radius 3 is 2.44 bits per heavy atom. The van der Waals surface area contributed by atoms with Crippen molar-refractivity contribution in [3.8, 4) is 23.7 Å². The molecule has 0 heterocycles. The SMILES string of the molecule is C/C=C/C#CC#C/C=C/CCC(O)CCO. The zero-order valence-corrected chi connectivity index (χ0v) is 9.61. The molecule has 0 aliphatic carbocycles. The molecule has 86 valence electrons. The maximum absolute atomic E-state index is 9.29. The van der Waals surface area contributed by atoms with E-state index in [9.17, 15) is 5.11 Å². The van der Waals surface area contributed by atoms with Crippen LogP contribution in [0.5, 0.6) is 0 Å². The van der Waals surface area contributed by atoms with Gasteiger partial charge < -0.3 is 10.2 Å². The first-order valence-corrected chi connectivity index (χ1v) is 5.37. The first-order valence-electron chi connectivity index (χ1n) is 5.37. The summed E-state index contributed by atoms with van der Waals surface area (Å²) in [4.78, 5) is 0. The number of allylic oxidation sites excluding steroid dienone is 4. The Bertz CT molecular complexity index is 331. The molecule has 0 spiro atoms. The molecule has 0 saturated heterocycles. The van der Waals surface area contributed by atoms with Crippen molar-refractivity contribution in [2.24, 2.45) is 0 Å². The van der Waals surface area contributed by atoms with Crippen LogP contribution in [-0.4, -0.2) is 22.9 Å². The maximum atomic E-state index is 9.29. The highest BCUT2D eigenvalue weighted by Gasteiger charge is 1.99. The van der Waals surface area contributed by atoms with E-state index in [0.29, 0.717) is 12.8 Å². The summed E-state index contributed by atoms with van der Waals surface area (Å²) < 4.78 is 0. The number of aliphatic hydroxyl groups excluding tert-OH is 2. The molecule has 0 bridgehead atoms. The maximum Gasteiger partial charge on any atom is 0.0565 e. The van der Waals surface area contributed by atoms with Gasteiger partial charge in [0, 0.05) is 6.61 Å². The molecule has 0 saturated carbocycles. The second-order valence-electron chi connectivity index (χ2n) is 3.18. The van der Waals surface area contributed by atoms with Crippen molar-refractivity contribution in [1.82, 2.24) is 0 Å². The Hall–Kier alpha value is -1.48. The zero-order chi connectivity index (χ0) is 12.1. The molecule has 0 aliphatic heterocycles. The Labute approximate surface area is 97.7 Å². The number of rotatable bonds is 5. The van der Waals surface area contributed by atoms with Gasteiger partial charge in [-0.3, -0.25) is 0 Å². The molecule has 0 aromatic rings. The topological polar surface area (TPSA) is 40.5 Å². The van der Waals surface area contributed by atoms with Crippen molar-refractivity contribution in [3.05, 3.63) is 24.3 Å². The van der Waals surface area contributed by atoms with Crippen LogP contribution >= 0.6 is 0 Å². The molecule has 0 aliphatic rings. The van der Waals surface area contributed by atoms with E-state index in [2.05, 4.69) is 23.7 Å². The largest absolute Gasteiger partial charge is 0.396 e. The molecule has 16 heavy (non-hydrogen) atoms. The van der Waals surface area contributed by atoms with Crippen molar-refractivity contribution >= 4 is 0 Å². The standard InChI is InChI=1S/C14H18O2/c1-2-3-4-5-6-7-8-9-10-11-14(16)12-13-15/h2-3,8-9,14-16H,10-13H2,1H3/b3-2+,9-8+. The second-order valence-corrected chi connectivity index (χ2v) is 3.18. The average Bonchev–Trinajstić information content (AvgIpc) is 2.27. The fourth-order valence-electron chi connectivity index (χ4n) is 0.963. The molecule has 0 fully saturated rings. The summed E-state index contributed by atoms with van der Waals surface area (Å²) >= 11 is 0. The molecular weight excluding hydrogens is 200 g/mol. The molecule has 2 N–H and O–H groups in total. The number of hydrogen-bond donors (Lipinski definition) is 2. The predicted molar refractivity (Wildman–Crippen MR) is 66.4 cm³/mol. The van der Waals surface area contributed by atoms with E-state index in [4.69, 9.17) is 5.11 Å². The third-order valence-corrected chi connectivity index (χ3v) is 1.79. The molecular formula is C14H18O2. The summed E-state index contributed by atoms with van der Waals surface area (Å²) in [5.74, 6) is 10.9. The Morgan fingerprint density at radius 2 is 1.81 bits per heavy atom. The van der Waals surface area contributed by atoms with Gasteiger partial charge in [-0.1, -0.05) is 24.0 Å². The zero-order valence-electron chi connectivity index (χ0n) is 9.61. The lowest BCUT2D eigenvalue weighted by atomic mass is 10.1. The third-order valence-electron chi connectivity index (χ3n) is 1.79. The van der Waals surface area contributed by atoms with E-state index in [-0.39, 0.29) is 6.61 Å². The first-order chi connectivity index (χ1) is 7.81. The van der Waals surface area contributed by atoms with Crippen LogP contribution in [0, 0.1) is 23.7 Å². The Balaban J connectivity index is 3.66. The van der Waals surface area contributed by atoms with E-state index in [0.717, 1.165) is 6.42 Å². The smallest absolute Gasteiger partial charge is 0.0565 e. The molecule has 0 rings (SSSR count). The monoisotopic (exact) mass is 218 g/mol. The quantitative estimate of drug-likeness (QED) is 0.689. The number of aliphatic hydroxyl groups is 2. The van der Waals surface area contributed by atoms with Crippen LogP contribution in [0.2, 0.25) is 0 Å². The van der Waals surface area contributed by atoms with Crippen LogP contribution < -0.4 is 0 Å². The summed E-state index contributed by atoms with van der Waals surface area (Å²) in [5.41, 5.74) is 0. The van der Waals surface area contributed by atoms with E-state index >= 15 is 0 Å². The molecule has 0 aromatic heterocycles. The fourth-order valence-corrected chi connectivity index (χ4v) is 0.963. The normalized spacial score (nSPS) is 11.9. The summed E-state index contributed by atoms with van der Waals surface area (Å²) in [7, 11) is 0. The highest BCUT2D eigenvalue weighted by molar-refractivity contribution is 5.33. The van der Waals surface area contributed by atoms with Gasteiger partial charge >= 0.3 is 0 Å². The van der Waals surface area contributed by atoms with Gasteiger partial charge in [0.1, 0.15) is 0 Å². The minimum atomic E-state index is -0.419. The van der Waals surface area contributed by atoms with Crippen molar-refractivity contribution in [3.63, 3.8) is 0 Å². The van der Waals surface area contributed by atoms with Gasteiger partial charge in [-0.05, 0) is 50.2 Å². The molecule has 0 radical (unpaired) electrons. The lowest BCUT2D eigenvalue weighted by Crippen LogP contribution is -2.07. The fraction of sp³-hybridized carbons (Fsp3) is 0.429. The molecule has 1 atom stereocenters. The van der Waals surface area contributed by atoms with Gasteiger partial charge in [0.15, 0.2) is 0 Å². The van der Waals surface area contributed by atoms with Crippen LogP contribution in [0.25, 0.3) is 0 Å². The van der Waals surface area contributed by atoms with Crippen LogP contribution in [0.3, 0.4) is 0 Å². The highest BCUT2D eigenvalue weighted by Crippen LogP contribution is 2.01. The molecule has 2 heteroatoms. The lowest BCUT2D eigenvalue weighted by molar-refractivity contribution is 0.126. The van der Waals surface area contributed by atoms with Crippen LogP contribution in [-0.2, 0) is 0 Å². The van der Waals surface area contributed by atoms with Crippen LogP contribution in [0.1, 0.15) is 26.2 Å². The van der Waals surface area contributed by atoms with E-state index < -0.39 is 6.10 Å². The van der Waals surface area contributed by atoms with Crippen LogP contribution in [0.15, 0.2) is 24.3 Å². The lowest BCUT2D eigenvalue weighted by Gasteiger charge is -2.04. The van der Waals surface area contributed by atoms with Gasteiger partial charge in [0.2, 0.25) is 0 Å².